The Kier molecular flexibility index (Phi) is 6.89. The third-order valence-corrected chi connectivity index (χ3v) is 4.80. The minimum atomic E-state index is 0.170. The maximum Gasteiger partial charge on any atom is 0.161 e. The lowest BCUT2D eigenvalue weighted by atomic mass is 10.0. The van der Waals surface area contributed by atoms with E-state index in [1.54, 1.807) is 7.11 Å². The van der Waals surface area contributed by atoms with Crippen molar-refractivity contribution in [2.45, 2.75) is 19.1 Å². The second-order valence-electron chi connectivity index (χ2n) is 6.50. The maximum absolute atomic E-state index is 9.52. The second kappa shape index (κ2) is 9.57. The van der Waals surface area contributed by atoms with Crippen molar-refractivity contribution in [2.75, 3.05) is 39.9 Å². The molecule has 1 atom stereocenters. The van der Waals surface area contributed by atoms with Crippen LogP contribution in [0.5, 0.6) is 11.5 Å². The number of piperazine rings is 1. The molecule has 1 aliphatic heterocycles. The molecule has 5 nitrogen and oxygen atoms in total. The normalized spacial score (nSPS) is 16.2. The number of hydrogen-bond acceptors (Lipinski definition) is 5. The molecule has 2 N–H and O–H groups in total. The van der Waals surface area contributed by atoms with Gasteiger partial charge in [-0.1, -0.05) is 36.4 Å². The Morgan fingerprint density at radius 1 is 1.08 bits per heavy atom. The third-order valence-electron chi connectivity index (χ3n) is 4.80. The van der Waals surface area contributed by atoms with Crippen LogP contribution in [0, 0.1) is 0 Å². The highest BCUT2D eigenvalue weighted by Gasteiger charge is 2.23. The summed E-state index contributed by atoms with van der Waals surface area (Å²) in [4.78, 5) is 2.42. The second-order valence-corrected chi connectivity index (χ2v) is 6.50. The van der Waals surface area contributed by atoms with E-state index in [0.717, 1.165) is 48.8 Å². The number of nitrogens with one attached hydrogen (secondary N) is 1. The fourth-order valence-corrected chi connectivity index (χ4v) is 3.42. The Labute approximate surface area is 155 Å². The van der Waals surface area contributed by atoms with Crippen LogP contribution in [-0.2, 0) is 6.61 Å². The molecule has 1 fully saturated rings. The zero-order chi connectivity index (χ0) is 18.2. The van der Waals surface area contributed by atoms with Crippen LogP contribution in [0.3, 0.4) is 0 Å². The van der Waals surface area contributed by atoms with E-state index in [-0.39, 0.29) is 12.6 Å². The van der Waals surface area contributed by atoms with Crippen molar-refractivity contribution < 1.29 is 14.6 Å². The molecule has 0 spiro atoms. The number of nitrogens with zero attached hydrogens (tertiary/aromatic N) is 1. The third kappa shape index (κ3) is 4.75. The van der Waals surface area contributed by atoms with Crippen molar-refractivity contribution in [3.05, 3.63) is 59.7 Å². The first-order valence-corrected chi connectivity index (χ1v) is 9.22. The summed E-state index contributed by atoms with van der Waals surface area (Å²) >= 11 is 0. The molecule has 1 saturated heterocycles. The molecular formula is C21H28N2O3. The number of hydrogen-bond donors (Lipinski definition) is 2. The van der Waals surface area contributed by atoms with Gasteiger partial charge in [0.1, 0.15) is 6.61 Å². The van der Waals surface area contributed by atoms with Crippen LogP contribution >= 0.6 is 0 Å². The lowest BCUT2D eigenvalue weighted by Gasteiger charge is -2.35. The number of rotatable bonds is 8. The Hall–Kier alpha value is -2.08. The van der Waals surface area contributed by atoms with Gasteiger partial charge in [-0.05, 0) is 29.7 Å². The fourth-order valence-electron chi connectivity index (χ4n) is 3.42. The molecule has 0 bridgehead atoms. The summed E-state index contributed by atoms with van der Waals surface area (Å²) in [5, 5.41) is 12.9. The SMILES string of the molecule is COc1cc([C@@H](CCO)N2CCNCC2)ccc1OCc1ccccc1. The Balaban J connectivity index is 1.75. The van der Waals surface area contributed by atoms with Gasteiger partial charge in [0.15, 0.2) is 11.5 Å². The Morgan fingerprint density at radius 3 is 2.54 bits per heavy atom. The highest BCUT2D eigenvalue weighted by atomic mass is 16.5. The van der Waals surface area contributed by atoms with Crippen LogP contribution in [-0.4, -0.2) is 49.9 Å². The lowest BCUT2D eigenvalue weighted by molar-refractivity contribution is 0.141. The van der Waals surface area contributed by atoms with Gasteiger partial charge in [-0.25, -0.2) is 0 Å². The Morgan fingerprint density at radius 2 is 1.85 bits per heavy atom. The van der Waals surface area contributed by atoms with Gasteiger partial charge < -0.3 is 19.9 Å². The molecule has 0 aliphatic carbocycles. The van der Waals surface area contributed by atoms with E-state index < -0.39 is 0 Å². The van der Waals surface area contributed by atoms with Gasteiger partial charge in [-0.3, -0.25) is 4.90 Å². The first-order chi connectivity index (χ1) is 12.8. The van der Waals surface area contributed by atoms with E-state index >= 15 is 0 Å². The minimum absolute atomic E-state index is 0.170. The molecule has 0 unspecified atom stereocenters. The molecule has 0 amide bonds. The van der Waals surface area contributed by atoms with E-state index in [9.17, 15) is 5.11 Å². The van der Waals surface area contributed by atoms with Gasteiger partial charge in [0.05, 0.1) is 7.11 Å². The molecule has 1 heterocycles. The molecule has 3 rings (SSSR count). The van der Waals surface area contributed by atoms with Crippen LogP contribution in [0.15, 0.2) is 48.5 Å². The first kappa shape index (κ1) is 18.7. The molecule has 2 aromatic carbocycles. The molecule has 2 aromatic rings. The van der Waals surface area contributed by atoms with Crippen molar-refractivity contribution in [1.82, 2.24) is 10.2 Å². The van der Waals surface area contributed by atoms with Crippen LogP contribution < -0.4 is 14.8 Å². The highest BCUT2D eigenvalue weighted by molar-refractivity contribution is 5.44. The average Bonchev–Trinajstić information content (AvgIpc) is 2.72. The largest absolute Gasteiger partial charge is 0.493 e. The van der Waals surface area contributed by atoms with E-state index in [1.165, 1.54) is 0 Å². The Bertz CT molecular complexity index is 672. The number of ether oxygens (including phenoxy) is 2. The van der Waals surface area contributed by atoms with Gasteiger partial charge in [-0.2, -0.15) is 0 Å². The minimum Gasteiger partial charge on any atom is -0.493 e. The number of aliphatic hydroxyl groups excluding tert-OH is 1. The molecule has 5 heteroatoms. The quantitative estimate of drug-likeness (QED) is 0.761. The number of aliphatic hydroxyl groups is 1. The van der Waals surface area contributed by atoms with Gasteiger partial charge in [0, 0.05) is 38.8 Å². The van der Waals surface area contributed by atoms with Crippen LogP contribution in [0.2, 0.25) is 0 Å². The average molecular weight is 356 g/mol. The molecule has 26 heavy (non-hydrogen) atoms. The van der Waals surface area contributed by atoms with Crippen molar-refractivity contribution in [1.29, 1.82) is 0 Å². The van der Waals surface area contributed by atoms with E-state index in [1.807, 2.05) is 42.5 Å². The van der Waals surface area contributed by atoms with E-state index in [0.29, 0.717) is 13.0 Å². The molecule has 0 saturated carbocycles. The fraction of sp³-hybridized carbons (Fsp3) is 0.429. The van der Waals surface area contributed by atoms with Crippen LogP contribution in [0.1, 0.15) is 23.6 Å². The van der Waals surface area contributed by atoms with Crippen LogP contribution in [0.25, 0.3) is 0 Å². The summed E-state index contributed by atoms with van der Waals surface area (Å²) in [6.07, 6.45) is 0.716. The molecular weight excluding hydrogens is 328 g/mol. The zero-order valence-electron chi connectivity index (χ0n) is 15.4. The molecule has 140 valence electrons. The topological polar surface area (TPSA) is 54.0 Å². The van der Waals surface area contributed by atoms with Crippen molar-refractivity contribution >= 4 is 0 Å². The predicted molar refractivity (Wildman–Crippen MR) is 103 cm³/mol. The zero-order valence-corrected chi connectivity index (χ0v) is 15.4. The summed E-state index contributed by atoms with van der Waals surface area (Å²) in [6.45, 7) is 4.62. The lowest BCUT2D eigenvalue weighted by Crippen LogP contribution is -2.45. The summed E-state index contributed by atoms with van der Waals surface area (Å²) < 4.78 is 11.5. The molecule has 1 aliphatic rings. The molecule has 0 aromatic heterocycles. The van der Waals surface area contributed by atoms with Gasteiger partial charge in [-0.15, -0.1) is 0 Å². The summed E-state index contributed by atoms with van der Waals surface area (Å²) in [7, 11) is 1.67. The van der Waals surface area contributed by atoms with Gasteiger partial charge in [0.25, 0.3) is 0 Å². The summed E-state index contributed by atoms with van der Waals surface area (Å²) in [5.74, 6) is 1.47. The predicted octanol–water partition coefficient (Wildman–Crippen LogP) is 2.60. The standard InChI is InChI=1S/C21H28N2O3/c1-25-21-15-18(19(9-14-24)23-12-10-22-11-13-23)7-8-20(21)26-16-17-5-3-2-4-6-17/h2-8,15,19,22,24H,9-14,16H2,1H3/t19-/m1/s1. The van der Waals surface area contributed by atoms with Crippen molar-refractivity contribution in [2.24, 2.45) is 0 Å². The van der Waals surface area contributed by atoms with Crippen LogP contribution in [0.4, 0.5) is 0 Å². The van der Waals surface area contributed by atoms with Crippen molar-refractivity contribution in [3.63, 3.8) is 0 Å². The van der Waals surface area contributed by atoms with Crippen molar-refractivity contribution in [3.8, 4) is 11.5 Å². The maximum atomic E-state index is 9.52. The summed E-state index contributed by atoms with van der Waals surface area (Å²) in [6, 6.07) is 16.4. The van der Waals surface area contributed by atoms with Gasteiger partial charge >= 0.3 is 0 Å². The summed E-state index contributed by atoms with van der Waals surface area (Å²) in [5.41, 5.74) is 2.28. The smallest absolute Gasteiger partial charge is 0.161 e. The van der Waals surface area contributed by atoms with E-state index in [4.69, 9.17) is 9.47 Å². The van der Waals surface area contributed by atoms with E-state index in [2.05, 4.69) is 16.3 Å². The van der Waals surface area contributed by atoms with Gasteiger partial charge in [0.2, 0.25) is 0 Å². The molecule has 0 radical (unpaired) electrons. The monoisotopic (exact) mass is 356 g/mol. The number of benzene rings is 2. The first-order valence-electron chi connectivity index (χ1n) is 9.22. The highest BCUT2D eigenvalue weighted by Crippen LogP contribution is 2.34. The number of methoxy groups -OCH3 is 1.